The lowest BCUT2D eigenvalue weighted by atomic mass is 9.97. The Bertz CT molecular complexity index is 814. The fraction of sp³-hybridized carbons (Fsp3) is 0.533. The second-order valence-corrected chi connectivity index (χ2v) is 6.10. The normalized spacial score (nSPS) is 32.8. The van der Waals surface area contributed by atoms with Crippen molar-refractivity contribution in [2.75, 3.05) is 11.9 Å². The summed E-state index contributed by atoms with van der Waals surface area (Å²) in [5.74, 6) is 2.84. The third kappa shape index (κ3) is 2.16. The molecule has 0 bridgehead atoms. The van der Waals surface area contributed by atoms with E-state index in [9.17, 15) is 15.3 Å². The molecule has 4 rings (SSSR count). The third-order valence-corrected chi connectivity index (χ3v) is 4.45. The number of ether oxygens (including phenoxy) is 1. The summed E-state index contributed by atoms with van der Waals surface area (Å²) in [6.45, 7) is -0.617. The van der Waals surface area contributed by atoms with Crippen molar-refractivity contribution in [3.05, 3.63) is 12.7 Å². The maximum absolute atomic E-state index is 10.3. The molecule has 1 aliphatic carbocycles. The highest BCUT2D eigenvalue weighted by Crippen LogP contribution is 2.38. The van der Waals surface area contributed by atoms with Crippen LogP contribution >= 0.6 is 0 Å². The van der Waals surface area contributed by atoms with E-state index in [1.807, 2.05) is 0 Å². The molecule has 2 aliphatic rings. The zero-order chi connectivity index (χ0) is 16.9. The Morgan fingerprint density at radius 2 is 2.17 bits per heavy atom. The summed E-state index contributed by atoms with van der Waals surface area (Å²) in [5.41, 5.74) is -0.685. The summed E-state index contributed by atoms with van der Waals surface area (Å²) in [6.07, 6.45) is 6.61. The van der Waals surface area contributed by atoms with Gasteiger partial charge in [0, 0.05) is 6.04 Å². The number of aromatic nitrogens is 4. The molecule has 9 heteroatoms. The Kier molecular flexibility index (Phi) is 3.43. The molecule has 0 aromatic carbocycles. The second-order valence-electron chi connectivity index (χ2n) is 6.10. The highest BCUT2D eigenvalue weighted by molar-refractivity contribution is 5.83. The maximum Gasteiger partial charge on any atom is 0.182 e. The molecular weight excluding hydrogens is 314 g/mol. The van der Waals surface area contributed by atoms with Gasteiger partial charge < -0.3 is 25.4 Å². The number of anilines is 1. The van der Waals surface area contributed by atoms with Crippen LogP contribution in [0.5, 0.6) is 0 Å². The van der Waals surface area contributed by atoms with Crippen LogP contribution in [-0.2, 0) is 4.74 Å². The van der Waals surface area contributed by atoms with Crippen LogP contribution in [0.25, 0.3) is 11.2 Å². The van der Waals surface area contributed by atoms with Gasteiger partial charge in [-0.2, -0.15) is 0 Å². The fourth-order valence-corrected chi connectivity index (χ4v) is 2.87. The van der Waals surface area contributed by atoms with Crippen molar-refractivity contribution in [3.8, 4) is 12.3 Å². The van der Waals surface area contributed by atoms with Crippen molar-refractivity contribution in [3.63, 3.8) is 0 Å². The van der Waals surface area contributed by atoms with Crippen molar-refractivity contribution in [2.24, 2.45) is 0 Å². The average Bonchev–Trinajstić information content (AvgIpc) is 3.25. The molecule has 4 atom stereocenters. The van der Waals surface area contributed by atoms with E-state index < -0.39 is 30.6 Å². The number of fused-ring (bicyclic) bond motifs is 1. The zero-order valence-electron chi connectivity index (χ0n) is 12.7. The first-order valence-corrected chi connectivity index (χ1v) is 7.66. The quantitative estimate of drug-likeness (QED) is 0.527. The van der Waals surface area contributed by atoms with Crippen molar-refractivity contribution in [2.45, 2.75) is 42.9 Å². The van der Waals surface area contributed by atoms with E-state index in [1.165, 1.54) is 17.2 Å². The van der Waals surface area contributed by atoms with Gasteiger partial charge in [-0.1, -0.05) is 5.92 Å². The van der Waals surface area contributed by atoms with Gasteiger partial charge in [0.1, 0.15) is 18.5 Å². The lowest BCUT2D eigenvalue weighted by Crippen LogP contribution is -2.44. The first kappa shape index (κ1) is 15.3. The molecule has 1 unspecified atom stereocenters. The number of rotatable bonds is 4. The standard InChI is InChI=1S/C15H17N5O4/c1-2-15(5-21)11(23)10(22)14(24-15)20-7-18-9-12(19-8-3-4-8)16-6-17-13(9)20/h1,6-8,10-11,14,21-23H,3-5H2,(H,16,17,19)/t10-,11?,14+,15+/m0/s1. The molecule has 0 spiro atoms. The Hall–Kier alpha value is -2.25. The van der Waals surface area contributed by atoms with Crippen LogP contribution in [0.4, 0.5) is 5.82 Å². The highest BCUT2D eigenvalue weighted by atomic mass is 16.6. The van der Waals surface area contributed by atoms with Gasteiger partial charge in [0.05, 0.1) is 12.9 Å². The van der Waals surface area contributed by atoms with Gasteiger partial charge in [-0.15, -0.1) is 6.42 Å². The molecule has 2 fully saturated rings. The molecule has 1 saturated carbocycles. The van der Waals surface area contributed by atoms with Crippen LogP contribution in [0.3, 0.4) is 0 Å². The van der Waals surface area contributed by atoms with Crippen LogP contribution in [0.15, 0.2) is 12.7 Å². The van der Waals surface area contributed by atoms with Gasteiger partial charge in [-0.25, -0.2) is 15.0 Å². The van der Waals surface area contributed by atoms with Crippen molar-refractivity contribution < 1.29 is 20.1 Å². The zero-order valence-corrected chi connectivity index (χ0v) is 12.7. The molecule has 9 nitrogen and oxygen atoms in total. The van der Waals surface area contributed by atoms with Gasteiger partial charge >= 0.3 is 0 Å². The summed E-state index contributed by atoms with van der Waals surface area (Å²) in [5, 5.41) is 33.3. The lowest BCUT2D eigenvalue weighted by Gasteiger charge is -2.23. The number of aliphatic hydroxyl groups is 3. The number of aliphatic hydroxyl groups excluding tert-OH is 3. The van der Waals surface area contributed by atoms with E-state index in [0.29, 0.717) is 23.0 Å². The van der Waals surface area contributed by atoms with Gasteiger partial charge in [-0.05, 0) is 12.8 Å². The average molecular weight is 331 g/mol. The summed E-state index contributed by atoms with van der Waals surface area (Å²) in [7, 11) is 0. The minimum atomic E-state index is -1.66. The topological polar surface area (TPSA) is 126 Å². The van der Waals surface area contributed by atoms with Crippen LogP contribution < -0.4 is 5.32 Å². The molecule has 4 N–H and O–H groups in total. The van der Waals surface area contributed by atoms with Crippen molar-refractivity contribution in [1.29, 1.82) is 0 Å². The molecule has 1 saturated heterocycles. The first-order chi connectivity index (χ1) is 11.6. The predicted molar refractivity (Wildman–Crippen MR) is 82.8 cm³/mol. The van der Waals surface area contributed by atoms with E-state index in [4.69, 9.17) is 11.2 Å². The molecule has 126 valence electrons. The van der Waals surface area contributed by atoms with E-state index in [-0.39, 0.29) is 0 Å². The molecular formula is C15H17N5O4. The Morgan fingerprint density at radius 1 is 1.38 bits per heavy atom. The summed E-state index contributed by atoms with van der Waals surface area (Å²) >= 11 is 0. The van der Waals surface area contributed by atoms with E-state index in [2.05, 4.69) is 26.2 Å². The largest absolute Gasteiger partial charge is 0.392 e. The van der Waals surface area contributed by atoms with E-state index in [1.54, 1.807) is 0 Å². The number of imidazole rings is 1. The Labute approximate surface area is 137 Å². The van der Waals surface area contributed by atoms with Crippen LogP contribution in [0, 0.1) is 12.3 Å². The molecule has 0 amide bonds. The van der Waals surface area contributed by atoms with E-state index >= 15 is 0 Å². The monoisotopic (exact) mass is 331 g/mol. The molecule has 2 aromatic heterocycles. The maximum atomic E-state index is 10.3. The minimum Gasteiger partial charge on any atom is -0.392 e. The predicted octanol–water partition coefficient (Wildman–Crippen LogP) is -0.985. The molecule has 0 radical (unpaired) electrons. The minimum absolute atomic E-state index is 0.395. The molecule has 1 aliphatic heterocycles. The highest BCUT2D eigenvalue weighted by Gasteiger charge is 2.54. The number of nitrogens with one attached hydrogen (secondary N) is 1. The van der Waals surface area contributed by atoms with Gasteiger partial charge in [0.15, 0.2) is 28.8 Å². The van der Waals surface area contributed by atoms with E-state index in [0.717, 1.165) is 12.8 Å². The van der Waals surface area contributed by atoms with Gasteiger partial charge in [0.25, 0.3) is 0 Å². The summed E-state index contributed by atoms with van der Waals surface area (Å²) in [6, 6.07) is 0.395. The summed E-state index contributed by atoms with van der Waals surface area (Å²) in [4.78, 5) is 12.7. The van der Waals surface area contributed by atoms with Crippen LogP contribution in [0.2, 0.25) is 0 Å². The SMILES string of the molecule is C#C[C@]1(CO)O[C@@H](n2cnc3c(NC4CC4)ncnc32)[C@@H](O)C1O. The lowest BCUT2D eigenvalue weighted by molar-refractivity contribution is -0.0911. The third-order valence-electron chi connectivity index (χ3n) is 4.45. The second kappa shape index (κ2) is 5.39. The van der Waals surface area contributed by atoms with Crippen molar-refractivity contribution >= 4 is 17.0 Å². The Balaban J connectivity index is 1.73. The van der Waals surface area contributed by atoms with Crippen LogP contribution in [-0.4, -0.2) is 65.3 Å². The number of hydrogen-bond donors (Lipinski definition) is 4. The summed E-state index contributed by atoms with van der Waals surface area (Å²) < 4.78 is 7.10. The first-order valence-electron chi connectivity index (χ1n) is 7.66. The molecule has 3 heterocycles. The smallest absolute Gasteiger partial charge is 0.182 e. The number of terminal acetylenes is 1. The molecule has 24 heavy (non-hydrogen) atoms. The number of hydrogen-bond acceptors (Lipinski definition) is 8. The van der Waals surface area contributed by atoms with Crippen molar-refractivity contribution in [1.82, 2.24) is 19.5 Å². The van der Waals surface area contributed by atoms with Gasteiger partial charge in [0.2, 0.25) is 0 Å². The number of nitrogens with zero attached hydrogens (tertiary/aromatic N) is 4. The fourth-order valence-electron chi connectivity index (χ4n) is 2.87. The van der Waals surface area contributed by atoms with Crippen LogP contribution in [0.1, 0.15) is 19.1 Å². The molecule has 2 aromatic rings. The Morgan fingerprint density at radius 3 is 2.79 bits per heavy atom. The van der Waals surface area contributed by atoms with Gasteiger partial charge in [-0.3, -0.25) is 4.57 Å².